The van der Waals surface area contributed by atoms with Crippen LogP contribution in [0.3, 0.4) is 0 Å². The van der Waals surface area contributed by atoms with Crippen molar-refractivity contribution < 1.29 is 80.2 Å². The minimum atomic E-state index is -4.88. The van der Waals surface area contributed by atoms with Crippen molar-refractivity contribution in [2.75, 3.05) is 39.6 Å². The van der Waals surface area contributed by atoms with Crippen LogP contribution in [0.15, 0.2) is 0 Å². The Kier molecular flexibility index (Phi) is 29.3. The van der Waals surface area contributed by atoms with Gasteiger partial charge >= 0.3 is 39.5 Å². The molecule has 17 nitrogen and oxygen atoms in total. The summed E-state index contributed by atoms with van der Waals surface area (Å²) in [7, 11) is -9.76. The molecule has 0 fully saturated rings. The lowest BCUT2D eigenvalue weighted by atomic mass is 10.2. The Bertz CT molecular complexity index is 1090. The molecule has 0 aliphatic heterocycles. The van der Waals surface area contributed by atoms with Gasteiger partial charge in [-0.3, -0.25) is 37.3 Å². The average Bonchev–Trinajstić information content (AvgIpc) is 3.10. The fourth-order valence-corrected chi connectivity index (χ4v) is 5.71. The van der Waals surface area contributed by atoms with Crippen molar-refractivity contribution >= 4 is 39.5 Å². The van der Waals surface area contributed by atoms with Gasteiger partial charge in [-0.05, 0) is 25.7 Å². The van der Waals surface area contributed by atoms with Crippen molar-refractivity contribution in [3.63, 3.8) is 0 Å². The van der Waals surface area contributed by atoms with Crippen molar-refractivity contribution in [3.05, 3.63) is 0 Å². The topological polar surface area (TPSA) is 237 Å². The third-order valence-corrected chi connectivity index (χ3v) is 9.00. The van der Waals surface area contributed by atoms with Gasteiger partial charge in [0.1, 0.15) is 19.3 Å². The highest BCUT2D eigenvalue weighted by Gasteiger charge is 2.30. The molecule has 0 aromatic rings. The van der Waals surface area contributed by atoms with E-state index in [0.717, 1.165) is 51.4 Å². The normalized spacial score (nSPS) is 15.4. The molecule has 0 aromatic heterocycles. The maximum absolute atomic E-state index is 12.5. The molecule has 2 unspecified atom stereocenters. The number of aliphatic hydroxyl groups is 1. The second kappa shape index (κ2) is 30.4. The van der Waals surface area contributed by atoms with Gasteiger partial charge in [-0.2, -0.15) is 0 Å². The molecule has 19 heteroatoms. The standard InChI is InChI=1S/C33H62O17P2/c1-5-9-13-16-18-31(36)44-24-29(50-33(38)20-15-11-7-3)26-48-52(41,42)46-22-27(34)21-45-51(39,40)47-25-28(23-43-30(35)17-12-8-4)49-32(37)19-14-10-6-2/h27-29,34H,5-26H2,1-4H3,(H,39,40)(H,41,42)/t27-,28-,29-/m1/s1. The molecule has 0 saturated carbocycles. The summed E-state index contributed by atoms with van der Waals surface area (Å²) in [4.78, 5) is 68.7. The van der Waals surface area contributed by atoms with E-state index < -0.39 is 97.5 Å². The van der Waals surface area contributed by atoms with Gasteiger partial charge in [-0.25, -0.2) is 9.13 Å². The van der Waals surface area contributed by atoms with Crippen LogP contribution in [0.5, 0.6) is 0 Å². The second-order valence-electron chi connectivity index (χ2n) is 12.2. The molecular weight excluding hydrogens is 730 g/mol. The van der Waals surface area contributed by atoms with Crippen LogP contribution in [0, 0.1) is 0 Å². The molecule has 52 heavy (non-hydrogen) atoms. The van der Waals surface area contributed by atoms with Gasteiger partial charge in [0.05, 0.1) is 26.4 Å². The SMILES string of the molecule is CCCCCCC(=O)OC[C@H](COP(=O)(O)OC[C@H](O)COP(=O)(O)OC[C@@H](COC(=O)CCCC)OC(=O)CCCCC)OC(=O)CCCCC. The number of ether oxygens (including phenoxy) is 4. The zero-order valence-corrected chi connectivity index (χ0v) is 33.0. The Hall–Kier alpha value is -1.94. The molecule has 0 radical (unpaired) electrons. The molecule has 0 rings (SSSR count). The molecule has 5 atom stereocenters. The molecule has 0 amide bonds. The lowest BCUT2D eigenvalue weighted by molar-refractivity contribution is -0.161. The molecule has 0 aliphatic rings. The molecule has 0 aromatic carbocycles. The number of carbonyl (C=O) groups is 4. The zero-order valence-electron chi connectivity index (χ0n) is 31.2. The maximum atomic E-state index is 12.5. The van der Waals surface area contributed by atoms with Gasteiger partial charge in [0, 0.05) is 25.7 Å². The fourth-order valence-electron chi connectivity index (χ4n) is 4.13. The number of esters is 4. The van der Waals surface area contributed by atoms with Crippen LogP contribution < -0.4 is 0 Å². The first kappa shape index (κ1) is 50.1. The van der Waals surface area contributed by atoms with Gasteiger partial charge in [0.15, 0.2) is 12.2 Å². The number of phosphoric ester groups is 2. The summed E-state index contributed by atoms with van der Waals surface area (Å²) in [6, 6.07) is 0. The number of carbonyl (C=O) groups excluding carboxylic acids is 4. The number of phosphoric acid groups is 2. The molecule has 0 heterocycles. The van der Waals surface area contributed by atoms with E-state index in [4.69, 9.17) is 37.0 Å². The van der Waals surface area contributed by atoms with Crippen molar-refractivity contribution in [1.82, 2.24) is 0 Å². The van der Waals surface area contributed by atoms with Crippen LogP contribution in [-0.4, -0.2) is 96.7 Å². The number of hydrogen-bond donors (Lipinski definition) is 3. The minimum Gasteiger partial charge on any atom is -0.462 e. The first-order valence-corrected chi connectivity index (χ1v) is 21.3. The first-order chi connectivity index (χ1) is 24.7. The highest BCUT2D eigenvalue weighted by Crippen LogP contribution is 2.45. The van der Waals surface area contributed by atoms with Crippen LogP contribution in [0.2, 0.25) is 0 Å². The quantitative estimate of drug-likeness (QED) is 0.0300. The Balaban J connectivity index is 5.00. The third-order valence-electron chi connectivity index (χ3n) is 7.10. The van der Waals surface area contributed by atoms with E-state index in [2.05, 4.69) is 0 Å². The molecule has 0 aliphatic carbocycles. The number of aliphatic hydroxyl groups excluding tert-OH is 1. The molecule has 0 bridgehead atoms. The van der Waals surface area contributed by atoms with E-state index >= 15 is 0 Å². The van der Waals surface area contributed by atoms with Crippen molar-refractivity contribution in [3.8, 4) is 0 Å². The van der Waals surface area contributed by atoms with Crippen LogP contribution >= 0.6 is 15.6 Å². The summed E-state index contributed by atoms with van der Waals surface area (Å²) < 4.78 is 65.1. The number of hydrogen-bond acceptors (Lipinski definition) is 15. The van der Waals surface area contributed by atoms with Gasteiger partial charge in [0.25, 0.3) is 0 Å². The lowest BCUT2D eigenvalue weighted by Gasteiger charge is -2.21. The van der Waals surface area contributed by atoms with Crippen LogP contribution in [0.25, 0.3) is 0 Å². The molecule has 3 N–H and O–H groups in total. The van der Waals surface area contributed by atoms with Crippen molar-refractivity contribution in [2.24, 2.45) is 0 Å². The monoisotopic (exact) mass is 792 g/mol. The smallest absolute Gasteiger partial charge is 0.462 e. The number of rotatable bonds is 34. The maximum Gasteiger partial charge on any atom is 0.472 e. The Morgan fingerprint density at radius 1 is 0.462 bits per heavy atom. The van der Waals surface area contributed by atoms with E-state index in [1.54, 1.807) is 0 Å². The van der Waals surface area contributed by atoms with Crippen molar-refractivity contribution in [1.29, 1.82) is 0 Å². The highest BCUT2D eigenvalue weighted by atomic mass is 31.2. The van der Waals surface area contributed by atoms with Crippen LogP contribution in [-0.2, 0) is 65.4 Å². The zero-order chi connectivity index (χ0) is 39.3. The van der Waals surface area contributed by atoms with Gasteiger partial charge < -0.3 is 33.8 Å². The minimum absolute atomic E-state index is 0.0868. The summed E-state index contributed by atoms with van der Waals surface area (Å²) in [5, 5.41) is 10.2. The third kappa shape index (κ3) is 29.5. The van der Waals surface area contributed by atoms with Crippen LogP contribution in [0.1, 0.15) is 130 Å². The van der Waals surface area contributed by atoms with E-state index in [1.807, 2.05) is 27.7 Å². The summed E-state index contributed by atoms with van der Waals surface area (Å²) >= 11 is 0. The van der Waals surface area contributed by atoms with E-state index in [0.29, 0.717) is 25.7 Å². The van der Waals surface area contributed by atoms with E-state index in [9.17, 15) is 43.2 Å². The van der Waals surface area contributed by atoms with Gasteiger partial charge in [-0.1, -0.05) is 79.1 Å². The Morgan fingerprint density at radius 2 is 0.788 bits per heavy atom. The highest BCUT2D eigenvalue weighted by molar-refractivity contribution is 7.47. The fraction of sp³-hybridized carbons (Fsp3) is 0.879. The average molecular weight is 793 g/mol. The second-order valence-corrected chi connectivity index (χ2v) is 15.1. The molecule has 0 spiro atoms. The number of unbranched alkanes of at least 4 members (excludes halogenated alkanes) is 8. The molecular formula is C33H62O17P2. The lowest BCUT2D eigenvalue weighted by Crippen LogP contribution is -2.30. The van der Waals surface area contributed by atoms with Gasteiger partial charge in [0.2, 0.25) is 0 Å². The van der Waals surface area contributed by atoms with E-state index in [-0.39, 0.29) is 25.7 Å². The van der Waals surface area contributed by atoms with Crippen LogP contribution in [0.4, 0.5) is 0 Å². The molecule has 306 valence electrons. The predicted octanol–water partition coefficient (Wildman–Crippen LogP) is 5.85. The van der Waals surface area contributed by atoms with E-state index in [1.165, 1.54) is 0 Å². The summed E-state index contributed by atoms with van der Waals surface area (Å²) in [6.07, 6.45) is 5.55. The summed E-state index contributed by atoms with van der Waals surface area (Å²) in [6.45, 7) is 3.85. The summed E-state index contributed by atoms with van der Waals surface area (Å²) in [5.74, 6) is -2.29. The summed E-state index contributed by atoms with van der Waals surface area (Å²) in [5.41, 5.74) is 0. The van der Waals surface area contributed by atoms with Gasteiger partial charge in [-0.15, -0.1) is 0 Å². The predicted molar refractivity (Wildman–Crippen MR) is 188 cm³/mol. The Labute approximate surface area is 307 Å². The van der Waals surface area contributed by atoms with Crippen molar-refractivity contribution in [2.45, 2.75) is 149 Å². The largest absolute Gasteiger partial charge is 0.472 e. The molecule has 0 saturated heterocycles. The first-order valence-electron chi connectivity index (χ1n) is 18.3. The Morgan fingerprint density at radius 3 is 1.19 bits per heavy atom.